The largest absolute Gasteiger partial charge is 0.369 e. The SMILES string of the molecule is c1cc(-c2cn[nH]c2C2CCCC2)cc(NCCN2CCCCC2)n1. The molecule has 2 aliphatic rings. The van der Waals surface area contributed by atoms with Crippen LogP contribution in [-0.4, -0.2) is 46.3 Å². The summed E-state index contributed by atoms with van der Waals surface area (Å²) in [6.45, 7) is 4.55. The summed E-state index contributed by atoms with van der Waals surface area (Å²) in [6.07, 6.45) is 13.2. The molecule has 0 spiro atoms. The molecule has 1 saturated heterocycles. The second-order valence-electron chi connectivity index (χ2n) is 7.44. The third kappa shape index (κ3) is 4.03. The van der Waals surface area contributed by atoms with E-state index in [1.165, 1.54) is 74.9 Å². The second-order valence-corrected chi connectivity index (χ2v) is 7.44. The van der Waals surface area contributed by atoms with Crippen LogP contribution in [0.2, 0.25) is 0 Å². The highest BCUT2D eigenvalue weighted by atomic mass is 15.1. The molecule has 134 valence electrons. The van der Waals surface area contributed by atoms with Crippen molar-refractivity contribution in [2.45, 2.75) is 50.9 Å². The summed E-state index contributed by atoms with van der Waals surface area (Å²) >= 11 is 0. The minimum Gasteiger partial charge on any atom is -0.369 e. The lowest BCUT2D eigenvalue weighted by Crippen LogP contribution is -2.33. The molecule has 0 bridgehead atoms. The molecule has 0 atom stereocenters. The third-order valence-corrected chi connectivity index (χ3v) is 5.69. The summed E-state index contributed by atoms with van der Waals surface area (Å²) in [7, 11) is 0. The van der Waals surface area contributed by atoms with E-state index in [0.29, 0.717) is 5.92 Å². The number of likely N-dealkylation sites (tertiary alicyclic amines) is 1. The van der Waals surface area contributed by atoms with E-state index in [1.807, 2.05) is 12.4 Å². The maximum atomic E-state index is 4.50. The van der Waals surface area contributed by atoms with Crippen molar-refractivity contribution in [3.8, 4) is 11.1 Å². The lowest BCUT2D eigenvalue weighted by atomic mass is 9.97. The average molecular weight is 339 g/mol. The Morgan fingerprint density at radius 2 is 1.96 bits per heavy atom. The molecule has 2 fully saturated rings. The molecule has 3 heterocycles. The van der Waals surface area contributed by atoms with Gasteiger partial charge in [-0.05, 0) is 56.5 Å². The van der Waals surface area contributed by atoms with Gasteiger partial charge in [0.05, 0.1) is 6.20 Å². The number of rotatable bonds is 6. The standard InChI is InChI=1S/C20H29N5/c1-4-11-25(12-5-1)13-10-22-19-14-17(8-9-21-19)18-15-23-24-20(18)16-6-2-3-7-16/h8-9,14-16H,1-7,10-13H2,(H,21,22)(H,23,24). The van der Waals surface area contributed by atoms with Gasteiger partial charge in [-0.3, -0.25) is 5.10 Å². The third-order valence-electron chi connectivity index (χ3n) is 5.69. The van der Waals surface area contributed by atoms with Crippen molar-refractivity contribution in [2.24, 2.45) is 0 Å². The van der Waals surface area contributed by atoms with Crippen LogP contribution in [0.3, 0.4) is 0 Å². The van der Waals surface area contributed by atoms with Crippen molar-refractivity contribution in [1.29, 1.82) is 0 Å². The molecule has 4 rings (SSSR count). The highest BCUT2D eigenvalue weighted by Crippen LogP contribution is 2.38. The van der Waals surface area contributed by atoms with Crippen LogP contribution < -0.4 is 5.32 Å². The van der Waals surface area contributed by atoms with Gasteiger partial charge in [0.25, 0.3) is 0 Å². The summed E-state index contributed by atoms with van der Waals surface area (Å²) in [6, 6.07) is 4.26. The smallest absolute Gasteiger partial charge is 0.126 e. The molecule has 2 aromatic heterocycles. The Morgan fingerprint density at radius 3 is 2.80 bits per heavy atom. The summed E-state index contributed by atoms with van der Waals surface area (Å²) in [4.78, 5) is 7.05. The molecule has 1 aliphatic heterocycles. The van der Waals surface area contributed by atoms with Gasteiger partial charge < -0.3 is 10.2 Å². The molecule has 0 unspecified atom stereocenters. The van der Waals surface area contributed by atoms with Gasteiger partial charge in [-0.2, -0.15) is 5.10 Å². The van der Waals surface area contributed by atoms with Crippen LogP contribution in [0.4, 0.5) is 5.82 Å². The lowest BCUT2D eigenvalue weighted by molar-refractivity contribution is 0.237. The number of hydrogen-bond acceptors (Lipinski definition) is 4. The topological polar surface area (TPSA) is 56.8 Å². The minimum atomic E-state index is 0.640. The normalized spacial score (nSPS) is 19.4. The number of H-pyrrole nitrogens is 1. The van der Waals surface area contributed by atoms with Crippen LogP contribution in [0, 0.1) is 0 Å². The number of nitrogens with zero attached hydrogens (tertiary/aromatic N) is 3. The van der Waals surface area contributed by atoms with Gasteiger partial charge >= 0.3 is 0 Å². The highest BCUT2D eigenvalue weighted by Gasteiger charge is 2.22. The number of hydrogen-bond donors (Lipinski definition) is 2. The predicted octanol–water partition coefficient (Wildman–Crippen LogP) is 4.03. The molecular weight excluding hydrogens is 310 g/mol. The quantitative estimate of drug-likeness (QED) is 0.834. The van der Waals surface area contributed by atoms with E-state index in [-0.39, 0.29) is 0 Å². The van der Waals surface area contributed by atoms with Crippen molar-refractivity contribution in [1.82, 2.24) is 20.1 Å². The number of aromatic amines is 1. The molecule has 5 heteroatoms. The summed E-state index contributed by atoms with van der Waals surface area (Å²) < 4.78 is 0. The molecular formula is C20H29N5. The van der Waals surface area contributed by atoms with Gasteiger partial charge in [0, 0.05) is 36.5 Å². The predicted molar refractivity (Wildman–Crippen MR) is 102 cm³/mol. The van der Waals surface area contributed by atoms with Crippen LogP contribution in [-0.2, 0) is 0 Å². The number of piperidine rings is 1. The van der Waals surface area contributed by atoms with E-state index in [9.17, 15) is 0 Å². The number of pyridine rings is 1. The van der Waals surface area contributed by atoms with Crippen LogP contribution in [0.1, 0.15) is 56.6 Å². The first-order valence-electron chi connectivity index (χ1n) is 9.86. The van der Waals surface area contributed by atoms with Crippen LogP contribution >= 0.6 is 0 Å². The molecule has 0 aromatic carbocycles. The minimum absolute atomic E-state index is 0.640. The molecule has 2 aromatic rings. The molecule has 1 aliphatic carbocycles. The van der Waals surface area contributed by atoms with Gasteiger partial charge in [-0.1, -0.05) is 19.3 Å². The van der Waals surface area contributed by atoms with Crippen molar-refractivity contribution in [2.75, 3.05) is 31.5 Å². The Hall–Kier alpha value is -1.88. The number of nitrogens with one attached hydrogen (secondary N) is 2. The first-order valence-corrected chi connectivity index (χ1v) is 9.86. The maximum absolute atomic E-state index is 4.50. The van der Waals surface area contributed by atoms with Crippen molar-refractivity contribution < 1.29 is 0 Å². The zero-order valence-electron chi connectivity index (χ0n) is 15.0. The van der Waals surface area contributed by atoms with E-state index in [1.54, 1.807) is 0 Å². The summed E-state index contributed by atoms with van der Waals surface area (Å²) in [5.74, 6) is 1.61. The van der Waals surface area contributed by atoms with E-state index in [0.717, 1.165) is 18.9 Å². The molecule has 25 heavy (non-hydrogen) atoms. The fraction of sp³-hybridized carbons (Fsp3) is 0.600. The maximum Gasteiger partial charge on any atom is 0.126 e. The number of aromatic nitrogens is 3. The van der Waals surface area contributed by atoms with Crippen molar-refractivity contribution in [3.63, 3.8) is 0 Å². The average Bonchev–Trinajstić information content (AvgIpc) is 3.34. The van der Waals surface area contributed by atoms with E-state index < -0.39 is 0 Å². The molecule has 2 N–H and O–H groups in total. The van der Waals surface area contributed by atoms with Crippen molar-refractivity contribution in [3.05, 3.63) is 30.2 Å². The molecule has 5 nitrogen and oxygen atoms in total. The Morgan fingerprint density at radius 1 is 1.12 bits per heavy atom. The monoisotopic (exact) mass is 339 g/mol. The summed E-state index contributed by atoms with van der Waals surface area (Å²) in [5.41, 5.74) is 3.77. The van der Waals surface area contributed by atoms with Crippen LogP contribution in [0.25, 0.3) is 11.1 Å². The zero-order valence-corrected chi connectivity index (χ0v) is 15.0. The molecule has 0 amide bonds. The van der Waals surface area contributed by atoms with E-state index in [4.69, 9.17) is 0 Å². The van der Waals surface area contributed by atoms with Gasteiger partial charge in [0.2, 0.25) is 0 Å². The van der Waals surface area contributed by atoms with Gasteiger partial charge in [0.15, 0.2) is 0 Å². The van der Waals surface area contributed by atoms with Gasteiger partial charge in [-0.25, -0.2) is 4.98 Å². The molecule has 0 radical (unpaired) electrons. The van der Waals surface area contributed by atoms with E-state index in [2.05, 4.69) is 37.5 Å². The number of anilines is 1. The zero-order chi connectivity index (χ0) is 16.9. The Bertz CT molecular complexity index is 668. The highest BCUT2D eigenvalue weighted by molar-refractivity contribution is 5.68. The second kappa shape index (κ2) is 8.00. The van der Waals surface area contributed by atoms with Crippen LogP contribution in [0.15, 0.2) is 24.5 Å². The Kier molecular flexibility index (Phi) is 5.31. The summed E-state index contributed by atoms with van der Waals surface area (Å²) in [5, 5.41) is 11.1. The first kappa shape index (κ1) is 16.6. The van der Waals surface area contributed by atoms with Gasteiger partial charge in [-0.15, -0.1) is 0 Å². The Labute approximate surface area is 150 Å². The van der Waals surface area contributed by atoms with E-state index >= 15 is 0 Å². The fourth-order valence-electron chi connectivity index (χ4n) is 4.27. The lowest BCUT2D eigenvalue weighted by Gasteiger charge is -2.26. The van der Waals surface area contributed by atoms with Crippen LogP contribution in [0.5, 0.6) is 0 Å². The Balaban J connectivity index is 1.40. The first-order chi connectivity index (χ1) is 12.4. The fourth-order valence-corrected chi connectivity index (χ4v) is 4.27. The van der Waals surface area contributed by atoms with Crippen molar-refractivity contribution >= 4 is 5.82 Å². The molecule has 1 saturated carbocycles. The van der Waals surface area contributed by atoms with Gasteiger partial charge in [0.1, 0.15) is 5.82 Å².